The maximum Gasteiger partial charge on any atom is 0.234 e. The first-order valence-electron chi connectivity index (χ1n) is 7.06. The van der Waals surface area contributed by atoms with E-state index in [9.17, 15) is 4.79 Å². The van der Waals surface area contributed by atoms with Crippen molar-refractivity contribution in [1.29, 1.82) is 0 Å². The summed E-state index contributed by atoms with van der Waals surface area (Å²) in [5.41, 5.74) is 5.02. The van der Waals surface area contributed by atoms with Crippen LogP contribution in [0.5, 0.6) is 0 Å². The highest BCUT2D eigenvalue weighted by molar-refractivity contribution is 7.99. The number of benzene rings is 2. The maximum atomic E-state index is 12.0. The predicted octanol–water partition coefficient (Wildman–Crippen LogP) is 3.91. The molecule has 4 nitrogen and oxygen atoms in total. The van der Waals surface area contributed by atoms with Crippen LogP contribution in [-0.2, 0) is 4.79 Å². The first-order chi connectivity index (χ1) is 10.6. The Hall–Kier alpha value is -2.27. The molecule has 0 radical (unpaired) electrons. The lowest BCUT2D eigenvalue weighted by Crippen LogP contribution is -2.14. The summed E-state index contributed by atoms with van der Waals surface area (Å²) in [6.07, 6.45) is 0. The van der Waals surface area contributed by atoms with E-state index in [4.69, 9.17) is 0 Å². The van der Waals surface area contributed by atoms with Crippen molar-refractivity contribution in [3.63, 3.8) is 0 Å². The Morgan fingerprint density at radius 3 is 2.86 bits per heavy atom. The number of imidazole rings is 1. The first kappa shape index (κ1) is 14.7. The van der Waals surface area contributed by atoms with Crippen LogP contribution in [0.3, 0.4) is 0 Å². The lowest BCUT2D eigenvalue weighted by molar-refractivity contribution is -0.113. The van der Waals surface area contributed by atoms with Gasteiger partial charge in [-0.1, -0.05) is 36.0 Å². The number of nitrogens with one attached hydrogen (secondary N) is 2. The number of carbonyl (C=O) groups excluding carboxylic acids is 1. The van der Waals surface area contributed by atoms with Gasteiger partial charge in [0.1, 0.15) is 0 Å². The van der Waals surface area contributed by atoms with Crippen molar-refractivity contribution in [3.05, 3.63) is 53.6 Å². The minimum atomic E-state index is -0.0315. The van der Waals surface area contributed by atoms with Gasteiger partial charge in [0, 0.05) is 5.69 Å². The fraction of sp³-hybridized carbons (Fsp3) is 0.176. The number of aromatic nitrogens is 2. The average molecular weight is 311 g/mol. The van der Waals surface area contributed by atoms with E-state index < -0.39 is 0 Å². The van der Waals surface area contributed by atoms with Gasteiger partial charge in [-0.25, -0.2) is 4.98 Å². The van der Waals surface area contributed by atoms with E-state index in [1.807, 2.05) is 50.2 Å². The summed E-state index contributed by atoms with van der Waals surface area (Å²) in [4.78, 5) is 19.8. The molecular weight excluding hydrogens is 294 g/mol. The van der Waals surface area contributed by atoms with Crippen molar-refractivity contribution in [3.8, 4) is 0 Å². The number of fused-ring (bicyclic) bond motifs is 1. The summed E-state index contributed by atoms with van der Waals surface area (Å²) in [7, 11) is 0. The molecule has 0 aliphatic heterocycles. The largest absolute Gasteiger partial charge is 0.333 e. The molecule has 0 unspecified atom stereocenters. The van der Waals surface area contributed by atoms with Crippen LogP contribution in [0, 0.1) is 13.8 Å². The number of hydrogen-bond donors (Lipinski definition) is 2. The third-order valence-corrected chi connectivity index (χ3v) is 4.25. The van der Waals surface area contributed by atoms with Crippen molar-refractivity contribution < 1.29 is 4.79 Å². The molecule has 112 valence electrons. The van der Waals surface area contributed by atoms with Crippen LogP contribution in [0.1, 0.15) is 11.1 Å². The quantitative estimate of drug-likeness (QED) is 0.718. The summed E-state index contributed by atoms with van der Waals surface area (Å²) < 4.78 is 0. The van der Waals surface area contributed by atoms with Crippen LogP contribution in [0.15, 0.2) is 47.6 Å². The Morgan fingerprint density at radius 2 is 2.05 bits per heavy atom. The molecule has 0 spiro atoms. The smallest absolute Gasteiger partial charge is 0.234 e. The summed E-state index contributed by atoms with van der Waals surface area (Å²) >= 11 is 1.41. The molecule has 22 heavy (non-hydrogen) atoms. The van der Waals surface area contributed by atoms with Gasteiger partial charge >= 0.3 is 0 Å². The molecule has 0 atom stereocenters. The standard InChI is InChI=1S/C17H17N3OS/c1-11-7-8-14-15(9-11)20-17(19-14)22-10-16(21)18-13-6-4-3-5-12(13)2/h3-9H,10H2,1-2H3,(H,18,21)(H,19,20). The molecule has 0 aliphatic rings. The lowest BCUT2D eigenvalue weighted by Gasteiger charge is -2.06. The van der Waals surface area contributed by atoms with Crippen molar-refractivity contribution in [2.45, 2.75) is 19.0 Å². The van der Waals surface area contributed by atoms with Gasteiger partial charge in [0.25, 0.3) is 0 Å². The molecule has 0 saturated carbocycles. The van der Waals surface area contributed by atoms with Crippen molar-refractivity contribution in [1.82, 2.24) is 9.97 Å². The van der Waals surface area contributed by atoms with Gasteiger partial charge in [-0.05, 0) is 43.2 Å². The zero-order valence-electron chi connectivity index (χ0n) is 12.5. The molecule has 3 rings (SSSR count). The molecule has 1 amide bonds. The minimum Gasteiger partial charge on any atom is -0.333 e. The van der Waals surface area contributed by atoms with E-state index in [2.05, 4.69) is 21.4 Å². The Labute approximate surface area is 133 Å². The molecule has 2 aromatic carbocycles. The number of rotatable bonds is 4. The average Bonchev–Trinajstić information content (AvgIpc) is 2.89. The number of nitrogens with zero attached hydrogens (tertiary/aromatic N) is 1. The second-order valence-electron chi connectivity index (χ2n) is 5.21. The number of aromatic amines is 1. The molecule has 0 saturated heterocycles. The summed E-state index contributed by atoms with van der Waals surface area (Å²) in [5, 5.41) is 3.69. The molecular formula is C17H17N3OS. The van der Waals surface area contributed by atoms with E-state index in [0.717, 1.165) is 27.4 Å². The van der Waals surface area contributed by atoms with Gasteiger partial charge in [-0.2, -0.15) is 0 Å². The predicted molar refractivity (Wildman–Crippen MR) is 91.4 cm³/mol. The number of hydrogen-bond acceptors (Lipinski definition) is 3. The number of anilines is 1. The van der Waals surface area contributed by atoms with E-state index in [1.165, 1.54) is 17.3 Å². The zero-order chi connectivity index (χ0) is 15.5. The van der Waals surface area contributed by atoms with Gasteiger partial charge in [0.2, 0.25) is 5.91 Å². The van der Waals surface area contributed by atoms with Gasteiger partial charge in [0.15, 0.2) is 5.16 Å². The van der Waals surface area contributed by atoms with Crippen LogP contribution in [0.25, 0.3) is 11.0 Å². The van der Waals surface area contributed by atoms with E-state index in [-0.39, 0.29) is 5.91 Å². The van der Waals surface area contributed by atoms with E-state index >= 15 is 0 Å². The third kappa shape index (κ3) is 3.31. The first-order valence-corrected chi connectivity index (χ1v) is 8.05. The molecule has 0 fully saturated rings. The highest BCUT2D eigenvalue weighted by Gasteiger charge is 2.08. The highest BCUT2D eigenvalue weighted by atomic mass is 32.2. The van der Waals surface area contributed by atoms with Crippen LogP contribution in [0.4, 0.5) is 5.69 Å². The second-order valence-corrected chi connectivity index (χ2v) is 6.18. The SMILES string of the molecule is Cc1ccc2nc(SCC(=O)Nc3ccccc3C)[nH]c2c1. The molecule has 1 aromatic heterocycles. The number of amides is 1. The van der Waals surface area contributed by atoms with Crippen LogP contribution in [-0.4, -0.2) is 21.6 Å². The number of carbonyl (C=O) groups is 1. The Morgan fingerprint density at radius 1 is 1.23 bits per heavy atom. The fourth-order valence-electron chi connectivity index (χ4n) is 2.20. The third-order valence-electron chi connectivity index (χ3n) is 3.37. The highest BCUT2D eigenvalue weighted by Crippen LogP contribution is 2.21. The summed E-state index contributed by atoms with van der Waals surface area (Å²) in [6.45, 7) is 4.02. The maximum absolute atomic E-state index is 12.0. The molecule has 0 bridgehead atoms. The summed E-state index contributed by atoms with van der Waals surface area (Å²) in [5.74, 6) is 0.295. The van der Waals surface area contributed by atoms with Gasteiger partial charge in [0.05, 0.1) is 16.8 Å². The van der Waals surface area contributed by atoms with Crippen molar-refractivity contribution in [2.75, 3.05) is 11.1 Å². The molecule has 5 heteroatoms. The fourth-order valence-corrected chi connectivity index (χ4v) is 2.89. The molecule has 0 aliphatic carbocycles. The van der Waals surface area contributed by atoms with Gasteiger partial charge in [-0.15, -0.1) is 0 Å². The van der Waals surface area contributed by atoms with Crippen LogP contribution in [0.2, 0.25) is 0 Å². The number of aryl methyl sites for hydroxylation is 2. The number of para-hydroxylation sites is 1. The van der Waals surface area contributed by atoms with Crippen LogP contribution < -0.4 is 5.32 Å². The molecule has 3 aromatic rings. The summed E-state index contributed by atoms with van der Waals surface area (Å²) in [6, 6.07) is 13.8. The Kier molecular flexibility index (Phi) is 4.15. The monoisotopic (exact) mass is 311 g/mol. The second kappa shape index (κ2) is 6.23. The van der Waals surface area contributed by atoms with Crippen molar-refractivity contribution in [2.24, 2.45) is 0 Å². The van der Waals surface area contributed by atoms with Gasteiger partial charge in [-0.3, -0.25) is 4.79 Å². The Bertz CT molecular complexity index is 826. The number of thioether (sulfide) groups is 1. The van der Waals surface area contributed by atoms with Crippen molar-refractivity contribution >= 4 is 34.4 Å². The molecule has 1 heterocycles. The number of H-pyrrole nitrogens is 1. The zero-order valence-corrected chi connectivity index (χ0v) is 13.3. The topological polar surface area (TPSA) is 57.8 Å². The van der Waals surface area contributed by atoms with Gasteiger partial charge < -0.3 is 10.3 Å². The van der Waals surface area contributed by atoms with E-state index in [0.29, 0.717) is 5.75 Å². The van der Waals surface area contributed by atoms with E-state index in [1.54, 1.807) is 0 Å². The normalized spacial score (nSPS) is 10.8. The minimum absolute atomic E-state index is 0.0315. The van der Waals surface area contributed by atoms with Crippen LogP contribution >= 0.6 is 11.8 Å². The lowest BCUT2D eigenvalue weighted by atomic mass is 10.2. The molecule has 2 N–H and O–H groups in total. The Balaban J connectivity index is 1.63.